The first kappa shape index (κ1) is 11.0. The van der Waals surface area contributed by atoms with E-state index < -0.39 is 0 Å². The van der Waals surface area contributed by atoms with Gasteiger partial charge >= 0.3 is 0 Å². The summed E-state index contributed by atoms with van der Waals surface area (Å²) in [5.74, 6) is 7.32. The third-order valence-electron chi connectivity index (χ3n) is 2.13. The second-order valence-corrected chi connectivity index (χ2v) is 3.54. The number of hydrogen-bond donors (Lipinski definition) is 2. The summed E-state index contributed by atoms with van der Waals surface area (Å²) in [5, 5.41) is 0. The molecule has 14 heavy (non-hydrogen) atoms. The topological polar surface area (TPSA) is 51.2 Å². The predicted octanol–water partition coefficient (Wildman–Crippen LogP) is 2.31. The van der Waals surface area contributed by atoms with Gasteiger partial charge in [0.15, 0.2) is 0 Å². The smallest absolute Gasteiger partial charge is 0.122 e. The van der Waals surface area contributed by atoms with Crippen molar-refractivity contribution in [3.63, 3.8) is 0 Å². The fourth-order valence-electron chi connectivity index (χ4n) is 1.36. The minimum atomic E-state index is 0.0350. The van der Waals surface area contributed by atoms with Gasteiger partial charge in [0, 0.05) is 6.42 Å². The van der Waals surface area contributed by atoms with E-state index >= 15 is 0 Å². The van der Waals surface area contributed by atoms with Gasteiger partial charge in [0.25, 0.3) is 0 Å². The number of aryl methyl sites for hydroxylation is 1. The summed E-state index contributed by atoms with van der Waals surface area (Å²) in [6.07, 6.45) is 1.71. The van der Waals surface area contributed by atoms with Crippen molar-refractivity contribution < 1.29 is 4.42 Å². The van der Waals surface area contributed by atoms with E-state index in [0.717, 1.165) is 29.9 Å². The number of rotatable bonds is 5. The Morgan fingerprint density at radius 1 is 1.64 bits per heavy atom. The summed E-state index contributed by atoms with van der Waals surface area (Å²) in [4.78, 5) is 0. The number of nitrogens with two attached hydrogens (primary N) is 1. The second-order valence-electron chi connectivity index (χ2n) is 3.54. The Kier molecular flexibility index (Phi) is 3.92. The summed E-state index contributed by atoms with van der Waals surface area (Å²) < 4.78 is 5.60. The van der Waals surface area contributed by atoms with Crippen LogP contribution in [0.4, 0.5) is 0 Å². The van der Waals surface area contributed by atoms with Crippen molar-refractivity contribution in [3.05, 3.63) is 35.8 Å². The summed E-state index contributed by atoms with van der Waals surface area (Å²) in [6, 6.07) is 3.98. The van der Waals surface area contributed by atoms with Gasteiger partial charge in [-0.3, -0.25) is 5.84 Å². The summed E-state index contributed by atoms with van der Waals surface area (Å²) in [7, 11) is 0. The van der Waals surface area contributed by atoms with Crippen molar-refractivity contribution in [1.29, 1.82) is 0 Å². The summed E-state index contributed by atoms with van der Waals surface area (Å²) in [6.45, 7) is 7.90. The highest BCUT2D eigenvalue weighted by molar-refractivity contribution is 5.12. The maximum Gasteiger partial charge on any atom is 0.122 e. The molecule has 0 aliphatic heterocycles. The quantitative estimate of drug-likeness (QED) is 0.429. The molecule has 1 unspecified atom stereocenters. The number of furan rings is 1. The molecule has 0 spiro atoms. The monoisotopic (exact) mass is 194 g/mol. The van der Waals surface area contributed by atoms with Gasteiger partial charge in [-0.2, -0.15) is 0 Å². The third-order valence-corrected chi connectivity index (χ3v) is 2.13. The van der Waals surface area contributed by atoms with Gasteiger partial charge in [-0.1, -0.05) is 12.5 Å². The third kappa shape index (κ3) is 2.72. The SMILES string of the molecule is C=C(C)CC(NN)c1ccc(CC)o1. The van der Waals surface area contributed by atoms with Crippen molar-refractivity contribution in [1.82, 2.24) is 5.43 Å². The van der Waals surface area contributed by atoms with E-state index in [1.807, 2.05) is 19.1 Å². The zero-order valence-corrected chi connectivity index (χ0v) is 8.84. The zero-order valence-electron chi connectivity index (χ0n) is 8.84. The van der Waals surface area contributed by atoms with Gasteiger partial charge in [-0.25, -0.2) is 5.43 Å². The standard InChI is InChI=1S/C11H18N2O/c1-4-9-5-6-11(14-9)10(13-12)7-8(2)3/h5-6,10,13H,2,4,7,12H2,1,3H3. The van der Waals surface area contributed by atoms with Gasteiger partial charge in [0.1, 0.15) is 11.5 Å². The highest BCUT2D eigenvalue weighted by Crippen LogP contribution is 2.21. The lowest BCUT2D eigenvalue weighted by Crippen LogP contribution is -2.27. The molecule has 1 atom stereocenters. The van der Waals surface area contributed by atoms with Crippen molar-refractivity contribution in [2.45, 2.75) is 32.7 Å². The fraction of sp³-hybridized carbons (Fsp3) is 0.455. The van der Waals surface area contributed by atoms with E-state index in [-0.39, 0.29) is 6.04 Å². The lowest BCUT2D eigenvalue weighted by molar-refractivity contribution is 0.396. The average molecular weight is 194 g/mol. The van der Waals surface area contributed by atoms with Gasteiger partial charge < -0.3 is 4.42 Å². The predicted molar refractivity (Wildman–Crippen MR) is 57.6 cm³/mol. The van der Waals surface area contributed by atoms with E-state index in [1.54, 1.807) is 0 Å². The minimum Gasteiger partial charge on any atom is -0.464 e. The maximum absolute atomic E-state index is 5.60. The normalized spacial score (nSPS) is 12.8. The second kappa shape index (κ2) is 4.98. The first-order valence-electron chi connectivity index (χ1n) is 4.86. The van der Waals surface area contributed by atoms with Crippen LogP contribution in [0.25, 0.3) is 0 Å². The first-order valence-corrected chi connectivity index (χ1v) is 4.86. The van der Waals surface area contributed by atoms with Crippen LogP contribution >= 0.6 is 0 Å². The van der Waals surface area contributed by atoms with E-state index in [9.17, 15) is 0 Å². The Balaban J connectivity index is 2.73. The molecule has 3 heteroatoms. The molecule has 78 valence electrons. The average Bonchev–Trinajstić information content (AvgIpc) is 2.62. The van der Waals surface area contributed by atoms with Gasteiger partial charge in [0.2, 0.25) is 0 Å². The van der Waals surface area contributed by atoms with E-state index in [0.29, 0.717) is 0 Å². The van der Waals surface area contributed by atoms with Gasteiger partial charge in [-0.15, -0.1) is 6.58 Å². The first-order chi connectivity index (χ1) is 6.67. The van der Waals surface area contributed by atoms with Crippen LogP contribution in [0.15, 0.2) is 28.7 Å². The molecule has 1 aromatic rings. The fourth-order valence-corrected chi connectivity index (χ4v) is 1.36. The largest absolute Gasteiger partial charge is 0.464 e. The van der Waals surface area contributed by atoms with E-state index in [2.05, 4.69) is 18.9 Å². The molecule has 0 saturated heterocycles. The molecule has 0 amide bonds. The molecular weight excluding hydrogens is 176 g/mol. The lowest BCUT2D eigenvalue weighted by Gasteiger charge is -2.12. The Morgan fingerprint density at radius 3 is 2.79 bits per heavy atom. The highest BCUT2D eigenvalue weighted by atomic mass is 16.3. The van der Waals surface area contributed by atoms with Crippen molar-refractivity contribution in [2.75, 3.05) is 0 Å². The molecule has 0 fully saturated rings. The van der Waals surface area contributed by atoms with Crippen LogP contribution in [-0.4, -0.2) is 0 Å². The van der Waals surface area contributed by atoms with Crippen LogP contribution in [0.1, 0.15) is 37.8 Å². The van der Waals surface area contributed by atoms with Crippen molar-refractivity contribution in [2.24, 2.45) is 5.84 Å². The number of hydrazine groups is 1. The Labute approximate surface area is 85.0 Å². The molecule has 1 aromatic heterocycles. The molecule has 0 aliphatic carbocycles. The molecule has 1 heterocycles. The van der Waals surface area contributed by atoms with Crippen LogP contribution in [0.5, 0.6) is 0 Å². The van der Waals surface area contributed by atoms with Crippen molar-refractivity contribution in [3.8, 4) is 0 Å². The van der Waals surface area contributed by atoms with Crippen LogP contribution in [0, 0.1) is 0 Å². The molecule has 1 rings (SSSR count). The summed E-state index contributed by atoms with van der Waals surface area (Å²) >= 11 is 0. The molecule has 0 saturated carbocycles. The van der Waals surface area contributed by atoms with Gasteiger partial charge in [0.05, 0.1) is 6.04 Å². The minimum absolute atomic E-state index is 0.0350. The number of nitrogens with one attached hydrogen (secondary N) is 1. The van der Waals surface area contributed by atoms with Crippen molar-refractivity contribution >= 4 is 0 Å². The molecule has 3 N–H and O–H groups in total. The maximum atomic E-state index is 5.60. The van der Waals surface area contributed by atoms with Gasteiger partial charge in [-0.05, 0) is 25.5 Å². The molecule has 0 bridgehead atoms. The Bertz CT molecular complexity index is 304. The molecule has 0 aromatic carbocycles. The van der Waals surface area contributed by atoms with Crippen LogP contribution in [0.3, 0.4) is 0 Å². The molecule has 0 radical (unpaired) electrons. The Hall–Kier alpha value is -1.06. The summed E-state index contributed by atoms with van der Waals surface area (Å²) in [5.41, 5.74) is 3.82. The lowest BCUT2D eigenvalue weighted by atomic mass is 10.1. The van der Waals surface area contributed by atoms with E-state index in [4.69, 9.17) is 10.3 Å². The number of hydrogen-bond acceptors (Lipinski definition) is 3. The Morgan fingerprint density at radius 2 is 2.36 bits per heavy atom. The molecule has 3 nitrogen and oxygen atoms in total. The zero-order chi connectivity index (χ0) is 10.6. The molecular formula is C11H18N2O. The van der Waals surface area contributed by atoms with Crippen LogP contribution in [0.2, 0.25) is 0 Å². The molecule has 0 aliphatic rings. The van der Waals surface area contributed by atoms with Crippen LogP contribution < -0.4 is 11.3 Å². The van der Waals surface area contributed by atoms with E-state index in [1.165, 1.54) is 0 Å². The van der Waals surface area contributed by atoms with Crippen LogP contribution in [-0.2, 0) is 6.42 Å². The highest BCUT2D eigenvalue weighted by Gasteiger charge is 2.13.